The Morgan fingerprint density at radius 1 is 1.18 bits per heavy atom. The average Bonchev–Trinajstić information content (AvgIpc) is 2.16. The van der Waals surface area contributed by atoms with E-state index >= 15 is 0 Å². The number of aliphatic imine (C=N–C) groups is 1. The highest BCUT2D eigenvalue weighted by Gasteiger charge is 2.20. The second-order valence-electron chi connectivity index (χ2n) is 5.61. The van der Waals surface area contributed by atoms with Gasteiger partial charge in [0.15, 0.2) is 5.72 Å². The fourth-order valence-electron chi connectivity index (χ4n) is 1.56. The molecule has 0 atom stereocenters. The van der Waals surface area contributed by atoms with Gasteiger partial charge in [0.2, 0.25) is 0 Å². The summed E-state index contributed by atoms with van der Waals surface area (Å²) in [7, 11) is 1.73. The molecule has 0 amide bonds. The molecule has 0 spiro atoms. The molecule has 0 heterocycles. The minimum atomic E-state index is -0.428. The van der Waals surface area contributed by atoms with Crippen molar-refractivity contribution in [3.63, 3.8) is 0 Å². The van der Waals surface area contributed by atoms with Crippen molar-refractivity contribution in [2.75, 3.05) is 13.7 Å². The van der Waals surface area contributed by atoms with Crippen LogP contribution in [0.2, 0.25) is 0 Å². The first kappa shape index (κ1) is 16.6. The standard InChI is InChI=1S/C14H29NO2/c1-8-9-12(2)15-14(5,6)17-11-10-13(3,4)16-7/h8-11H2,1-7H3. The molecule has 0 aromatic carbocycles. The molecule has 0 aliphatic rings. The molecule has 0 radical (unpaired) electrons. The largest absolute Gasteiger partial charge is 0.379 e. The van der Waals surface area contributed by atoms with Gasteiger partial charge in [-0.1, -0.05) is 13.3 Å². The van der Waals surface area contributed by atoms with Gasteiger partial charge >= 0.3 is 0 Å². The van der Waals surface area contributed by atoms with Gasteiger partial charge in [-0.2, -0.15) is 0 Å². The molecule has 0 aromatic rings. The molecule has 0 saturated carbocycles. The summed E-state index contributed by atoms with van der Waals surface area (Å²) in [5.41, 5.74) is 0.602. The SMILES string of the molecule is CCCC(C)=NC(C)(C)OCCC(C)(C)OC. The van der Waals surface area contributed by atoms with Gasteiger partial charge in [0.05, 0.1) is 12.2 Å². The zero-order chi connectivity index (χ0) is 13.5. The van der Waals surface area contributed by atoms with Crippen molar-refractivity contribution >= 4 is 5.71 Å². The number of ether oxygens (including phenoxy) is 2. The molecular weight excluding hydrogens is 214 g/mol. The number of methoxy groups -OCH3 is 1. The monoisotopic (exact) mass is 243 g/mol. The third-order valence-corrected chi connectivity index (χ3v) is 2.78. The predicted octanol–water partition coefficient (Wildman–Crippen LogP) is 3.82. The molecule has 0 saturated heterocycles. The zero-order valence-corrected chi connectivity index (χ0v) is 12.6. The summed E-state index contributed by atoms with van der Waals surface area (Å²) in [5, 5.41) is 0. The second-order valence-corrected chi connectivity index (χ2v) is 5.61. The van der Waals surface area contributed by atoms with E-state index in [0.717, 1.165) is 25.0 Å². The molecule has 0 aromatic heterocycles. The van der Waals surface area contributed by atoms with Gasteiger partial charge in [-0.25, -0.2) is 0 Å². The molecule has 0 N–H and O–H groups in total. The average molecular weight is 243 g/mol. The fraction of sp³-hybridized carbons (Fsp3) is 0.929. The van der Waals surface area contributed by atoms with Crippen LogP contribution in [-0.4, -0.2) is 30.8 Å². The van der Waals surface area contributed by atoms with Crippen LogP contribution >= 0.6 is 0 Å². The summed E-state index contributed by atoms with van der Waals surface area (Å²) in [6.45, 7) is 13.0. The minimum absolute atomic E-state index is 0.127. The van der Waals surface area contributed by atoms with Crippen molar-refractivity contribution in [3.8, 4) is 0 Å². The first-order valence-corrected chi connectivity index (χ1v) is 6.47. The van der Waals surface area contributed by atoms with Crippen LogP contribution < -0.4 is 0 Å². The van der Waals surface area contributed by atoms with Gasteiger partial charge in [0.1, 0.15) is 0 Å². The van der Waals surface area contributed by atoms with Gasteiger partial charge in [-0.15, -0.1) is 0 Å². The van der Waals surface area contributed by atoms with Crippen LogP contribution in [0.5, 0.6) is 0 Å². The maximum absolute atomic E-state index is 5.82. The van der Waals surface area contributed by atoms with E-state index in [1.165, 1.54) is 0 Å². The molecule has 17 heavy (non-hydrogen) atoms. The Hall–Kier alpha value is -0.410. The molecule has 3 heteroatoms. The summed E-state index contributed by atoms with van der Waals surface area (Å²) in [4.78, 5) is 4.60. The number of hydrogen-bond donors (Lipinski definition) is 0. The van der Waals surface area contributed by atoms with E-state index in [1.807, 2.05) is 13.8 Å². The number of hydrogen-bond acceptors (Lipinski definition) is 3. The predicted molar refractivity (Wildman–Crippen MR) is 73.8 cm³/mol. The highest BCUT2D eigenvalue weighted by Crippen LogP contribution is 2.17. The number of nitrogens with zero attached hydrogens (tertiary/aromatic N) is 1. The van der Waals surface area contributed by atoms with Gasteiger partial charge in [-0.3, -0.25) is 4.99 Å². The Labute approximate surface area is 107 Å². The lowest BCUT2D eigenvalue weighted by atomic mass is 10.1. The third-order valence-electron chi connectivity index (χ3n) is 2.78. The van der Waals surface area contributed by atoms with Crippen LogP contribution in [-0.2, 0) is 9.47 Å². The smallest absolute Gasteiger partial charge is 0.153 e. The van der Waals surface area contributed by atoms with E-state index < -0.39 is 5.72 Å². The van der Waals surface area contributed by atoms with E-state index in [9.17, 15) is 0 Å². The molecular formula is C14H29NO2. The third kappa shape index (κ3) is 8.33. The van der Waals surface area contributed by atoms with Gasteiger partial charge in [0.25, 0.3) is 0 Å². The molecule has 0 aliphatic heterocycles. The molecule has 0 fully saturated rings. The Bertz CT molecular complexity index is 245. The highest BCUT2D eigenvalue weighted by molar-refractivity contribution is 5.82. The van der Waals surface area contributed by atoms with E-state index in [2.05, 4.69) is 32.7 Å². The minimum Gasteiger partial charge on any atom is -0.379 e. The van der Waals surface area contributed by atoms with Crippen molar-refractivity contribution in [3.05, 3.63) is 0 Å². The summed E-state index contributed by atoms with van der Waals surface area (Å²) in [5.74, 6) is 0. The van der Waals surface area contributed by atoms with E-state index in [0.29, 0.717) is 6.61 Å². The van der Waals surface area contributed by atoms with Crippen LogP contribution in [0.15, 0.2) is 4.99 Å². The normalized spacial score (nSPS) is 14.2. The van der Waals surface area contributed by atoms with Crippen LogP contribution in [0, 0.1) is 0 Å². The Balaban J connectivity index is 4.14. The zero-order valence-electron chi connectivity index (χ0n) is 12.6. The maximum atomic E-state index is 5.82. The van der Waals surface area contributed by atoms with Gasteiger partial charge < -0.3 is 9.47 Å². The summed E-state index contributed by atoms with van der Waals surface area (Å²) in [6.07, 6.45) is 3.04. The Kier molecular flexibility index (Phi) is 6.95. The van der Waals surface area contributed by atoms with Crippen molar-refractivity contribution in [2.24, 2.45) is 4.99 Å². The van der Waals surface area contributed by atoms with E-state index in [4.69, 9.17) is 9.47 Å². The van der Waals surface area contributed by atoms with E-state index in [-0.39, 0.29) is 5.60 Å². The first-order chi connectivity index (χ1) is 7.72. The first-order valence-electron chi connectivity index (χ1n) is 6.47. The molecule has 0 aliphatic carbocycles. The fourth-order valence-corrected chi connectivity index (χ4v) is 1.56. The quantitative estimate of drug-likeness (QED) is 0.607. The van der Waals surface area contributed by atoms with Crippen LogP contribution in [0.25, 0.3) is 0 Å². The Morgan fingerprint density at radius 3 is 2.24 bits per heavy atom. The maximum Gasteiger partial charge on any atom is 0.153 e. The Morgan fingerprint density at radius 2 is 1.76 bits per heavy atom. The molecule has 3 nitrogen and oxygen atoms in total. The van der Waals surface area contributed by atoms with Gasteiger partial charge in [-0.05, 0) is 47.5 Å². The summed E-state index contributed by atoms with van der Waals surface area (Å²) in [6, 6.07) is 0. The molecule has 0 unspecified atom stereocenters. The lowest BCUT2D eigenvalue weighted by Gasteiger charge is -2.26. The summed E-state index contributed by atoms with van der Waals surface area (Å²) < 4.78 is 11.2. The topological polar surface area (TPSA) is 30.8 Å². The second kappa shape index (κ2) is 7.12. The van der Waals surface area contributed by atoms with Gasteiger partial charge in [0, 0.05) is 12.8 Å². The van der Waals surface area contributed by atoms with Crippen molar-refractivity contribution in [1.82, 2.24) is 0 Å². The van der Waals surface area contributed by atoms with E-state index in [1.54, 1.807) is 7.11 Å². The lowest BCUT2D eigenvalue weighted by Crippen LogP contribution is -2.29. The van der Waals surface area contributed by atoms with Crippen molar-refractivity contribution < 1.29 is 9.47 Å². The van der Waals surface area contributed by atoms with Crippen molar-refractivity contribution in [2.45, 2.75) is 72.1 Å². The van der Waals surface area contributed by atoms with Crippen molar-refractivity contribution in [1.29, 1.82) is 0 Å². The van der Waals surface area contributed by atoms with Crippen LogP contribution in [0.1, 0.15) is 60.8 Å². The number of rotatable bonds is 8. The molecule has 102 valence electrons. The lowest BCUT2D eigenvalue weighted by molar-refractivity contribution is -0.0540. The summed E-state index contributed by atoms with van der Waals surface area (Å²) >= 11 is 0. The van der Waals surface area contributed by atoms with Crippen LogP contribution in [0.3, 0.4) is 0 Å². The molecule has 0 bridgehead atoms. The van der Waals surface area contributed by atoms with Crippen LogP contribution in [0.4, 0.5) is 0 Å². The molecule has 0 rings (SSSR count). The highest BCUT2D eigenvalue weighted by atomic mass is 16.5.